The van der Waals surface area contributed by atoms with Crippen LogP contribution in [-0.2, 0) is 19.1 Å². The monoisotopic (exact) mass is 446 g/mol. The van der Waals surface area contributed by atoms with Gasteiger partial charge in [-0.15, -0.1) is 0 Å². The Labute approximate surface area is 196 Å². The molecule has 0 aliphatic carbocycles. The van der Waals surface area contributed by atoms with E-state index in [0.29, 0.717) is 13.0 Å². The van der Waals surface area contributed by atoms with E-state index in [9.17, 15) is 9.59 Å². The Kier molecular flexibility index (Phi) is 18.6. The minimum atomic E-state index is -0.302. The first-order chi connectivity index (χ1) is 15.7. The second kappa shape index (κ2) is 21.1. The van der Waals surface area contributed by atoms with Gasteiger partial charge in [0.25, 0.3) is 0 Å². The van der Waals surface area contributed by atoms with Gasteiger partial charge < -0.3 is 9.47 Å². The molecule has 0 aromatic carbocycles. The Balaban J connectivity index is 2.40. The van der Waals surface area contributed by atoms with E-state index in [-0.39, 0.29) is 11.9 Å². The lowest BCUT2D eigenvalue weighted by Crippen LogP contribution is -2.05. The number of carbonyl (C=O) groups excluding carboxylic acids is 2. The molecule has 1 aliphatic heterocycles. The molecule has 0 aromatic rings. The number of cyclic esters (lactones) is 1. The molecule has 1 aliphatic rings. The van der Waals surface area contributed by atoms with Crippen LogP contribution in [0.3, 0.4) is 0 Å². The van der Waals surface area contributed by atoms with E-state index in [1.807, 2.05) is 0 Å². The van der Waals surface area contributed by atoms with Crippen molar-refractivity contribution in [2.75, 3.05) is 13.7 Å². The lowest BCUT2D eigenvalue weighted by atomic mass is 10.0. The molecule has 0 spiro atoms. The summed E-state index contributed by atoms with van der Waals surface area (Å²) in [7, 11) is 1.42. The van der Waals surface area contributed by atoms with Crippen LogP contribution in [0.2, 0.25) is 0 Å². The topological polar surface area (TPSA) is 52.6 Å². The zero-order valence-corrected chi connectivity index (χ0v) is 20.6. The maximum absolute atomic E-state index is 11.8. The van der Waals surface area contributed by atoms with Crippen LogP contribution in [-0.4, -0.2) is 25.7 Å². The van der Waals surface area contributed by atoms with E-state index in [0.717, 1.165) is 56.9 Å². The molecule has 0 N–H and O–H groups in total. The van der Waals surface area contributed by atoms with E-state index >= 15 is 0 Å². The van der Waals surface area contributed by atoms with E-state index in [1.165, 1.54) is 77.7 Å². The van der Waals surface area contributed by atoms with Crippen molar-refractivity contribution < 1.29 is 19.1 Å². The minimum Gasteiger partial charge on any atom is -0.466 e. The smallest absolute Gasteiger partial charge is 0.331 e. The molecule has 0 atom stereocenters. The van der Waals surface area contributed by atoms with Crippen molar-refractivity contribution in [2.24, 2.45) is 0 Å². The maximum atomic E-state index is 11.8. The Morgan fingerprint density at radius 1 is 0.750 bits per heavy atom. The molecule has 0 aromatic heterocycles. The van der Waals surface area contributed by atoms with Crippen LogP contribution in [0.4, 0.5) is 0 Å². The molecule has 1 rings (SSSR count). The van der Waals surface area contributed by atoms with Crippen molar-refractivity contribution in [3.63, 3.8) is 0 Å². The van der Waals surface area contributed by atoms with E-state index < -0.39 is 0 Å². The Bertz CT molecular complexity index is 582. The normalized spacial score (nSPS) is 21.7. The highest BCUT2D eigenvalue weighted by atomic mass is 16.5. The summed E-state index contributed by atoms with van der Waals surface area (Å²) in [4.78, 5) is 23.4. The fourth-order valence-electron chi connectivity index (χ4n) is 4.00. The van der Waals surface area contributed by atoms with Crippen LogP contribution in [0.25, 0.3) is 0 Å². The third-order valence-electron chi connectivity index (χ3n) is 6.03. The van der Waals surface area contributed by atoms with Crippen LogP contribution >= 0.6 is 0 Å². The van der Waals surface area contributed by atoms with Crippen molar-refractivity contribution >= 4 is 11.9 Å². The van der Waals surface area contributed by atoms with Gasteiger partial charge in [-0.1, -0.05) is 95.3 Å². The highest BCUT2D eigenvalue weighted by Crippen LogP contribution is 2.14. The van der Waals surface area contributed by atoms with Gasteiger partial charge in [-0.05, 0) is 32.1 Å². The van der Waals surface area contributed by atoms with Gasteiger partial charge in [0.05, 0.1) is 13.7 Å². The highest BCUT2D eigenvalue weighted by molar-refractivity contribution is 5.83. The summed E-state index contributed by atoms with van der Waals surface area (Å²) in [6.45, 7) is 0.586. The number of rotatable bonds is 1. The zero-order chi connectivity index (χ0) is 23.1. The molecular formula is C28H46O4. The fourth-order valence-corrected chi connectivity index (χ4v) is 4.00. The van der Waals surface area contributed by atoms with Crippen molar-refractivity contribution in [1.29, 1.82) is 0 Å². The molecule has 0 radical (unpaired) electrons. The Morgan fingerprint density at radius 3 is 1.84 bits per heavy atom. The van der Waals surface area contributed by atoms with Crippen LogP contribution in [0.15, 0.2) is 11.6 Å². The van der Waals surface area contributed by atoms with E-state index in [4.69, 9.17) is 9.47 Å². The van der Waals surface area contributed by atoms with Gasteiger partial charge in [-0.2, -0.15) is 0 Å². The number of hydrogen-bond donors (Lipinski definition) is 0. The largest absolute Gasteiger partial charge is 0.466 e. The third kappa shape index (κ3) is 17.9. The maximum Gasteiger partial charge on any atom is 0.331 e. The molecule has 32 heavy (non-hydrogen) atoms. The van der Waals surface area contributed by atoms with Gasteiger partial charge in [0.15, 0.2) is 0 Å². The first kappa shape index (κ1) is 28.3. The summed E-state index contributed by atoms with van der Waals surface area (Å²) >= 11 is 0. The van der Waals surface area contributed by atoms with Crippen LogP contribution in [0.1, 0.15) is 128 Å². The second-order valence-electron chi connectivity index (χ2n) is 8.98. The molecule has 0 saturated heterocycles. The molecule has 0 amide bonds. The summed E-state index contributed by atoms with van der Waals surface area (Å²) in [5.74, 6) is 6.16. The number of methoxy groups -OCH3 is 1. The van der Waals surface area contributed by atoms with Crippen LogP contribution < -0.4 is 0 Å². The first-order valence-electron chi connectivity index (χ1n) is 13.2. The average Bonchev–Trinajstić information content (AvgIpc) is 2.79. The van der Waals surface area contributed by atoms with Crippen LogP contribution in [0.5, 0.6) is 0 Å². The first-order valence-corrected chi connectivity index (χ1v) is 13.2. The number of esters is 2. The number of carbonyl (C=O) groups is 2. The number of hydrogen-bond acceptors (Lipinski definition) is 4. The van der Waals surface area contributed by atoms with Gasteiger partial charge in [-0.3, -0.25) is 4.79 Å². The molecule has 4 heteroatoms. The van der Waals surface area contributed by atoms with E-state index in [1.54, 1.807) is 6.08 Å². The van der Waals surface area contributed by atoms with Gasteiger partial charge in [0, 0.05) is 24.5 Å². The lowest BCUT2D eigenvalue weighted by Gasteiger charge is -2.06. The van der Waals surface area contributed by atoms with Gasteiger partial charge in [-0.25, -0.2) is 4.79 Å². The lowest BCUT2D eigenvalue weighted by molar-refractivity contribution is -0.144. The minimum absolute atomic E-state index is 0.0165. The SMILES string of the molecule is COC(=O)/C=C1\C#CCCCCCCCCCCC(=O)OCCCCCCCCCCC1. The summed E-state index contributed by atoms with van der Waals surface area (Å²) in [5.41, 5.74) is 0.916. The van der Waals surface area contributed by atoms with E-state index in [2.05, 4.69) is 11.8 Å². The van der Waals surface area contributed by atoms with Crippen LogP contribution in [0, 0.1) is 11.8 Å². The Hall–Kier alpha value is -1.76. The van der Waals surface area contributed by atoms with Gasteiger partial charge in [0.1, 0.15) is 0 Å². The number of allylic oxidation sites excluding steroid dienone is 1. The molecule has 182 valence electrons. The number of ether oxygens (including phenoxy) is 2. The molecule has 0 saturated carbocycles. The molecule has 0 unspecified atom stereocenters. The second-order valence-corrected chi connectivity index (χ2v) is 8.98. The predicted molar refractivity (Wildman–Crippen MR) is 131 cm³/mol. The zero-order valence-electron chi connectivity index (χ0n) is 20.6. The van der Waals surface area contributed by atoms with Crippen molar-refractivity contribution in [3.8, 4) is 11.8 Å². The highest BCUT2D eigenvalue weighted by Gasteiger charge is 2.03. The predicted octanol–water partition coefficient (Wildman–Crippen LogP) is 7.45. The molecule has 1 heterocycles. The third-order valence-corrected chi connectivity index (χ3v) is 6.03. The molecular weight excluding hydrogens is 400 g/mol. The summed E-state index contributed by atoms with van der Waals surface area (Å²) in [5, 5.41) is 0. The molecule has 4 nitrogen and oxygen atoms in total. The van der Waals surface area contributed by atoms with Gasteiger partial charge >= 0.3 is 11.9 Å². The summed E-state index contributed by atoms with van der Waals surface area (Å²) in [6, 6.07) is 0. The fraction of sp³-hybridized carbons (Fsp3) is 0.786. The quantitative estimate of drug-likeness (QED) is 0.238. The van der Waals surface area contributed by atoms with Crippen molar-refractivity contribution in [1.82, 2.24) is 0 Å². The molecule has 0 fully saturated rings. The van der Waals surface area contributed by atoms with Crippen molar-refractivity contribution in [3.05, 3.63) is 11.6 Å². The van der Waals surface area contributed by atoms with Gasteiger partial charge in [0.2, 0.25) is 0 Å². The average molecular weight is 447 g/mol. The standard InChI is InChI=1S/C28H46O4/c1-31-28(30)25-26-21-17-13-9-5-2-3-7-11-15-19-23-27(29)32-24-20-16-12-8-4-6-10-14-18-22-26/h25H,2-16,18-20,22-24H2,1H3/b26-25+. The summed E-state index contributed by atoms with van der Waals surface area (Å²) in [6.07, 6.45) is 23.9. The summed E-state index contributed by atoms with van der Waals surface area (Å²) < 4.78 is 10.1. The Morgan fingerprint density at radius 2 is 1.25 bits per heavy atom. The van der Waals surface area contributed by atoms with Crippen molar-refractivity contribution in [2.45, 2.75) is 128 Å². The molecule has 0 bridgehead atoms.